The highest BCUT2D eigenvalue weighted by molar-refractivity contribution is 5.99. The Labute approximate surface area is 235 Å². The molecule has 212 valence electrons. The van der Waals surface area contributed by atoms with Crippen LogP contribution in [0.5, 0.6) is 0 Å². The molecule has 1 atom stereocenters. The van der Waals surface area contributed by atoms with Crippen LogP contribution in [0.15, 0.2) is 72.1 Å². The molecule has 2 aliphatic heterocycles. The van der Waals surface area contributed by atoms with Gasteiger partial charge in [0.2, 0.25) is 0 Å². The van der Waals surface area contributed by atoms with Gasteiger partial charge >= 0.3 is 6.18 Å². The van der Waals surface area contributed by atoms with E-state index in [1.54, 1.807) is 17.1 Å². The second-order valence-electron chi connectivity index (χ2n) is 11.1. The molecule has 1 saturated heterocycles. The number of carbonyl (C=O) groups excluding carboxylic acids is 1. The molecule has 0 radical (unpaired) electrons. The monoisotopic (exact) mass is 562 g/mol. The van der Waals surface area contributed by atoms with Gasteiger partial charge in [-0.15, -0.1) is 0 Å². The lowest BCUT2D eigenvalue weighted by atomic mass is 9.85. The van der Waals surface area contributed by atoms with E-state index in [1.807, 2.05) is 37.3 Å². The van der Waals surface area contributed by atoms with Crippen molar-refractivity contribution in [1.82, 2.24) is 19.7 Å². The van der Waals surface area contributed by atoms with E-state index in [-0.39, 0.29) is 17.8 Å². The quantitative estimate of drug-likeness (QED) is 0.241. The molecule has 6 rings (SSSR count). The minimum Gasteiger partial charge on any atom is -0.297 e. The van der Waals surface area contributed by atoms with Gasteiger partial charge in [0, 0.05) is 48.4 Å². The number of hydrogen-bond acceptors (Lipinski definition) is 4. The summed E-state index contributed by atoms with van der Waals surface area (Å²) in [6, 6.07) is 11.7. The SMILES string of the molecule is CC1=C(C(=O)Cc2ccc3cnccc3c2)C(c2ccc(C(F)(F)F)c(F)c2)n2nc(CN3CCCCC3)cc2C1. The van der Waals surface area contributed by atoms with Crippen molar-refractivity contribution in [3.8, 4) is 0 Å². The summed E-state index contributed by atoms with van der Waals surface area (Å²) < 4.78 is 56.7. The lowest BCUT2D eigenvalue weighted by molar-refractivity contribution is -0.140. The van der Waals surface area contributed by atoms with Gasteiger partial charge in [-0.3, -0.25) is 19.4 Å². The Morgan fingerprint density at radius 1 is 1.00 bits per heavy atom. The van der Waals surface area contributed by atoms with Gasteiger partial charge in [0.05, 0.1) is 11.3 Å². The normalized spacial score (nSPS) is 18.1. The molecule has 0 spiro atoms. The van der Waals surface area contributed by atoms with E-state index in [4.69, 9.17) is 5.10 Å². The number of Topliss-reactive ketones (excluding diaryl/α,β-unsaturated/α-hetero) is 1. The van der Waals surface area contributed by atoms with Crippen LogP contribution in [0.25, 0.3) is 10.8 Å². The highest BCUT2D eigenvalue weighted by Gasteiger charge is 2.37. The lowest BCUT2D eigenvalue weighted by Crippen LogP contribution is -2.30. The molecule has 2 aromatic carbocycles. The summed E-state index contributed by atoms with van der Waals surface area (Å²) >= 11 is 0. The second-order valence-corrected chi connectivity index (χ2v) is 11.1. The summed E-state index contributed by atoms with van der Waals surface area (Å²) in [5.74, 6) is -1.53. The molecular formula is C32H30F4N4O. The molecule has 0 bridgehead atoms. The highest BCUT2D eigenvalue weighted by atomic mass is 19.4. The van der Waals surface area contributed by atoms with Crippen LogP contribution in [0.3, 0.4) is 0 Å². The number of nitrogens with zero attached hydrogens (tertiary/aromatic N) is 4. The Kier molecular flexibility index (Phi) is 7.23. The minimum atomic E-state index is -4.82. The Bertz CT molecular complexity index is 1650. The van der Waals surface area contributed by atoms with Gasteiger partial charge in [-0.25, -0.2) is 4.39 Å². The predicted molar refractivity (Wildman–Crippen MR) is 148 cm³/mol. The van der Waals surface area contributed by atoms with Crippen LogP contribution >= 0.6 is 0 Å². The molecular weight excluding hydrogens is 532 g/mol. The van der Waals surface area contributed by atoms with Crippen LogP contribution in [0, 0.1) is 5.82 Å². The Morgan fingerprint density at radius 2 is 1.80 bits per heavy atom. The molecule has 2 aromatic heterocycles. The zero-order valence-corrected chi connectivity index (χ0v) is 22.7. The number of piperidine rings is 1. The predicted octanol–water partition coefficient (Wildman–Crippen LogP) is 6.85. The van der Waals surface area contributed by atoms with Crippen LogP contribution < -0.4 is 0 Å². The zero-order valence-electron chi connectivity index (χ0n) is 22.7. The first-order valence-corrected chi connectivity index (χ1v) is 13.9. The molecule has 1 unspecified atom stereocenters. The Morgan fingerprint density at radius 3 is 2.56 bits per heavy atom. The van der Waals surface area contributed by atoms with Gasteiger partial charge < -0.3 is 0 Å². The average Bonchev–Trinajstić information content (AvgIpc) is 3.33. The molecule has 0 saturated carbocycles. The number of carbonyl (C=O) groups is 1. The minimum absolute atomic E-state index is 0.0990. The number of fused-ring (bicyclic) bond motifs is 2. The van der Waals surface area contributed by atoms with E-state index in [2.05, 4.69) is 9.88 Å². The molecule has 0 aliphatic carbocycles. The van der Waals surface area contributed by atoms with E-state index >= 15 is 0 Å². The fraction of sp³-hybridized carbons (Fsp3) is 0.344. The van der Waals surface area contributed by atoms with Crippen molar-refractivity contribution in [1.29, 1.82) is 0 Å². The first-order chi connectivity index (χ1) is 19.7. The summed E-state index contributed by atoms with van der Waals surface area (Å²) in [5, 5.41) is 6.77. The summed E-state index contributed by atoms with van der Waals surface area (Å²) in [7, 11) is 0. The maximum absolute atomic E-state index is 14.8. The summed E-state index contributed by atoms with van der Waals surface area (Å²) in [6.45, 7) is 4.49. The van der Waals surface area contributed by atoms with Crippen LogP contribution in [-0.2, 0) is 30.4 Å². The highest BCUT2D eigenvalue weighted by Crippen LogP contribution is 2.39. The third-order valence-corrected chi connectivity index (χ3v) is 8.11. The van der Waals surface area contributed by atoms with Crippen molar-refractivity contribution < 1.29 is 22.4 Å². The average molecular weight is 563 g/mol. The van der Waals surface area contributed by atoms with Gasteiger partial charge in [0.1, 0.15) is 11.9 Å². The smallest absolute Gasteiger partial charge is 0.297 e. The summed E-state index contributed by atoms with van der Waals surface area (Å²) in [5.41, 5.74) is 2.68. The van der Waals surface area contributed by atoms with E-state index in [0.29, 0.717) is 18.5 Å². The maximum atomic E-state index is 14.8. The van der Waals surface area contributed by atoms with Gasteiger partial charge in [-0.2, -0.15) is 18.3 Å². The number of halogens is 4. The number of benzene rings is 2. The number of ketones is 1. The van der Waals surface area contributed by atoms with E-state index < -0.39 is 23.6 Å². The van der Waals surface area contributed by atoms with Crippen molar-refractivity contribution in [2.75, 3.05) is 13.1 Å². The lowest BCUT2D eigenvalue weighted by Gasteiger charge is -2.29. The van der Waals surface area contributed by atoms with Crippen LogP contribution in [0.1, 0.15) is 60.3 Å². The van der Waals surface area contributed by atoms with Crippen molar-refractivity contribution in [2.24, 2.45) is 0 Å². The Hall–Kier alpha value is -3.85. The summed E-state index contributed by atoms with van der Waals surface area (Å²) in [4.78, 5) is 20.4. The number of hydrogen-bond donors (Lipinski definition) is 0. The van der Waals surface area contributed by atoms with Crippen LogP contribution in [0.4, 0.5) is 17.6 Å². The standard InChI is InChI=1S/C32H30F4N4O/c1-20-13-26-17-25(19-39-11-3-2-4-12-39)38-40(26)31(23-7-8-27(28(33)16-23)32(34,35)36)30(20)29(41)15-21-5-6-24-18-37-10-9-22(24)14-21/h5-10,14,16-18,31H,2-4,11-13,15,19H2,1H3. The molecule has 0 N–H and O–H groups in total. The van der Waals surface area contributed by atoms with E-state index in [0.717, 1.165) is 71.4 Å². The molecule has 4 heterocycles. The van der Waals surface area contributed by atoms with Crippen molar-refractivity contribution in [3.63, 3.8) is 0 Å². The fourth-order valence-electron chi connectivity index (χ4n) is 6.15. The first-order valence-electron chi connectivity index (χ1n) is 13.9. The van der Waals surface area contributed by atoms with E-state index in [1.165, 1.54) is 12.5 Å². The molecule has 0 amide bonds. The van der Waals surface area contributed by atoms with Crippen LogP contribution in [0.2, 0.25) is 0 Å². The van der Waals surface area contributed by atoms with E-state index in [9.17, 15) is 22.4 Å². The number of pyridine rings is 1. The molecule has 1 fully saturated rings. The number of likely N-dealkylation sites (tertiary alicyclic amines) is 1. The third-order valence-electron chi connectivity index (χ3n) is 8.11. The molecule has 5 nitrogen and oxygen atoms in total. The van der Waals surface area contributed by atoms with Gasteiger partial charge in [0.15, 0.2) is 5.78 Å². The van der Waals surface area contributed by atoms with Crippen molar-refractivity contribution >= 4 is 16.6 Å². The number of allylic oxidation sites excluding steroid dienone is 2. The zero-order chi connectivity index (χ0) is 28.7. The first kappa shape index (κ1) is 27.3. The largest absolute Gasteiger partial charge is 0.419 e. The Balaban J connectivity index is 1.39. The summed E-state index contributed by atoms with van der Waals surface area (Å²) in [6.07, 6.45) is 2.68. The number of alkyl halides is 3. The number of rotatable bonds is 6. The molecule has 2 aliphatic rings. The van der Waals surface area contributed by atoms with Gasteiger partial charge in [-0.05, 0) is 73.6 Å². The topological polar surface area (TPSA) is 51.0 Å². The van der Waals surface area contributed by atoms with Crippen molar-refractivity contribution in [3.05, 3.63) is 106 Å². The number of aromatic nitrogens is 3. The molecule has 4 aromatic rings. The molecule has 9 heteroatoms. The molecule has 41 heavy (non-hydrogen) atoms. The second kappa shape index (κ2) is 10.9. The van der Waals surface area contributed by atoms with Gasteiger partial charge in [0.25, 0.3) is 0 Å². The van der Waals surface area contributed by atoms with Crippen LogP contribution in [-0.4, -0.2) is 38.5 Å². The van der Waals surface area contributed by atoms with Crippen molar-refractivity contribution in [2.45, 2.75) is 57.8 Å². The van der Waals surface area contributed by atoms with Gasteiger partial charge in [-0.1, -0.05) is 36.3 Å². The maximum Gasteiger partial charge on any atom is 0.419 e. The third kappa shape index (κ3) is 5.55. The fourth-order valence-corrected chi connectivity index (χ4v) is 6.15.